The average Bonchev–Trinajstić information content (AvgIpc) is 2.67. The fourth-order valence-corrected chi connectivity index (χ4v) is 3.84. The third kappa shape index (κ3) is 5.23. The van der Waals surface area contributed by atoms with Gasteiger partial charge in [0.15, 0.2) is 21.3 Å². The molecule has 0 aliphatic heterocycles. The van der Waals surface area contributed by atoms with Gasteiger partial charge in [-0.2, -0.15) is 0 Å². The maximum Gasteiger partial charge on any atom is 0.225 e. The summed E-state index contributed by atoms with van der Waals surface area (Å²) in [4.78, 5) is 12.3. The molecular formula is C20H25NO5S. The second-order valence-corrected chi connectivity index (χ2v) is 8.25. The number of hydrogen-bond acceptors (Lipinski definition) is 5. The third-order valence-corrected chi connectivity index (χ3v) is 6.01. The molecule has 0 atom stereocenters. The molecular weight excluding hydrogens is 366 g/mol. The van der Waals surface area contributed by atoms with E-state index in [9.17, 15) is 13.2 Å². The van der Waals surface area contributed by atoms with Crippen LogP contribution in [-0.4, -0.2) is 34.3 Å². The minimum Gasteiger partial charge on any atom is -0.493 e. The second kappa shape index (κ2) is 8.90. The molecule has 0 saturated carbocycles. The van der Waals surface area contributed by atoms with Crippen LogP contribution in [-0.2, 0) is 21.1 Å². The summed E-state index contributed by atoms with van der Waals surface area (Å²) in [5.41, 5.74) is 2.75. The maximum absolute atomic E-state index is 12.5. The molecule has 0 radical (unpaired) electrons. The van der Waals surface area contributed by atoms with Crippen molar-refractivity contribution >= 4 is 21.4 Å². The number of carbonyl (C=O) groups excluding carboxylic acids is 1. The molecule has 0 heterocycles. The standard InChI is InChI=1S/C20H25NO5S/c1-5-15-7-6-14(2)17(12-15)21-20(22)10-11-27(23,24)16-8-9-18(25-3)19(13-16)26-4/h6-9,12-13H,5,10-11H2,1-4H3,(H,21,22). The zero-order valence-electron chi connectivity index (χ0n) is 16.0. The first-order chi connectivity index (χ1) is 12.8. The monoisotopic (exact) mass is 391 g/mol. The number of carbonyl (C=O) groups is 1. The number of ether oxygens (including phenoxy) is 2. The number of aryl methyl sites for hydroxylation is 2. The van der Waals surface area contributed by atoms with Gasteiger partial charge in [-0.15, -0.1) is 0 Å². The first kappa shape index (κ1) is 20.8. The normalized spacial score (nSPS) is 11.1. The molecule has 0 saturated heterocycles. The van der Waals surface area contributed by atoms with Crippen molar-refractivity contribution in [2.45, 2.75) is 31.6 Å². The number of hydrogen-bond donors (Lipinski definition) is 1. The molecule has 1 amide bonds. The highest BCUT2D eigenvalue weighted by atomic mass is 32.2. The van der Waals surface area contributed by atoms with Crippen molar-refractivity contribution in [2.75, 3.05) is 25.3 Å². The van der Waals surface area contributed by atoms with Gasteiger partial charge in [0.1, 0.15) is 0 Å². The molecule has 2 rings (SSSR count). The van der Waals surface area contributed by atoms with Gasteiger partial charge < -0.3 is 14.8 Å². The Labute approximate surface area is 160 Å². The van der Waals surface area contributed by atoms with E-state index in [0.29, 0.717) is 17.2 Å². The van der Waals surface area contributed by atoms with Crippen molar-refractivity contribution in [1.82, 2.24) is 0 Å². The number of methoxy groups -OCH3 is 2. The lowest BCUT2D eigenvalue weighted by atomic mass is 10.1. The van der Waals surface area contributed by atoms with Crippen LogP contribution in [0.4, 0.5) is 5.69 Å². The van der Waals surface area contributed by atoms with E-state index in [4.69, 9.17) is 9.47 Å². The molecule has 0 bridgehead atoms. The Hall–Kier alpha value is -2.54. The summed E-state index contributed by atoms with van der Waals surface area (Å²) < 4.78 is 35.4. The van der Waals surface area contributed by atoms with E-state index >= 15 is 0 Å². The largest absolute Gasteiger partial charge is 0.493 e. The van der Waals surface area contributed by atoms with Crippen molar-refractivity contribution in [1.29, 1.82) is 0 Å². The van der Waals surface area contributed by atoms with Gasteiger partial charge in [-0.3, -0.25) is 4.79 Å². The summed E-state index contributed by atoms with van der Waals surface area (Å²) in [6.45, 7) is 3.93. The molecule has 0 aliphatic carbocycles. The van der Waals surface area contributed by atoms with Gasteiger partial charge in [-0.25, -0.2) is 8.42 Å². The zero-order chi connectivity index (χ0) is 20.0. The number of rotatable bonds is 8. The average molecular weight is 391 g/mol. The van der Waals surface area contributed by atoms with Crippen LogP contribution in [0.1, 0.15) is 24.5 Å². The molecule has 0 spiro atoms. The first-order valence-electron chi connectivity index (χ1n) is 8.65. The van der Waals surface area contributed by atoms with Crippen molar-refractivity contribution in [3.63, 3.8) is 0 Å². The summed E-state index contributed by atoms with van der Waals surface area (Å²) in [6.07, 6.45) is 0.725. The van der Waals surface area contributed by atoms with E-state index in [1.54, 1.807) is 0 Å². The minimum absolute atomic E-state index is 0.0945. The molecule has 7 heteroatoms. The summed E-state index contributed by atoms with van der Waals surface area (Å²) in [5.74, 6) is 0.145. The number of benzene rings is 2. The zero-order valence-corrected chi connectivity index (χ0v) is 16.9. The Bertz CT molecular complexity index is 922. The van der Waals surface area contributed by atoms with Crippen molar-refractivity contribution in [3.05, 3.63) is 47.5 Å². The lowest BCUT2D eigenvalue weighted by Crippen LogP contribution is -2.18. The highest BCUT2D eigenvalue weighted by molar-refractivity contribution is 7.91. The van der Waals surface area contributed by atoms with Crippen LogP contribution in [0, 0.1) is 6.92 Å². The summed E-state index contributed by atoms with van der Waals surface area (Å²) in [7, 11) is -0.708. The number of amides is 1. The fraction of sp³-hybridized carbons (Fsp3) is 0.350. The third-order valence-electron chi connectivity index (χ3n) is 4.30. The number of anilines is 1. The topological polar surface area (TPSA) is 81.7 Å². The van der Waals surface area contributed by atoms with E-state index in [2.05, 4.69) is 5.32 Å². The smallest absolute Gasteiger partial charge is 0.225 e. The van der Waals surface area contributed by atoms with Crippen LogP contribution in [0.3, 0.4) is 0 Å². The van der Waals surface area contributed by atoms with Crippen LogP contribution in [0.25, 0.3) is 0 Å². The highest BCUT2D eigenvalue weighted by Crippen LogP contribution is 2.30. The van der Waals surface area contributed by atoms with E-state index in [0.717, 1.165) is 17.5 Å². The van der Waals surface area contributed by atoms with Gasteiger partial charge in [0.05, 0.1) is 24.9 Å². The molecule has 2 aromatic carbocycles. The van der Waals surface area contributed by atoms with E-state index in [1.165, 1.54) is 32.4 Å². The molecule has 0 fully saturated rings. The van der Waals surface area contributed by atoms with Crippen molar-refractivity contribution < 1.29 is 22.7 Å². The van der Waals surface area contributed by atoms with Crippen LogP contribution in [0.2, 0.25) is 0 Å². The van der Waals surface area contributed by atoms with Gasteiger partial charge in [0.2, 0.25) is 5.91 Å². The summed E-state index contributed by atoms with van der Waals surface area (Å²) >= 11 is 0. The van der Waals surface area contributed by atoms with E-state index < -0.39 is 9.84 Å². The Balaban J connectivity index is 2.08. The Kier molecular flexibility index (Phi) is 6.85. The predicted octanol–water partition coefficient (Wildman–Crippen LogP) is 3.38. The first-order valence-corrected chi connectivity index (χ1v) is 10.3. The highest BCUT2D eigenvalue weighted by Gasteiger charge is 2.19. The quantitative estimate of drug-likeness (QED) is 0.746. The summed E-state index contributed by atoms with van der Waals surface area (Å²) in [6, 6.07) is 10.2. The molecule has 1 N–H and O–H groups in total. The van der Waals surface area contributed by atoms with Crippen LogP contribution < -0.4 is 14.8 Å². The molecule has 27 heavy (non-hydrogen) atoms. The molecule has 0 aliphatic rings. The number of sulfone groups is 1. The molecule has 2 aromatic rings. The van der Waals surface area contributed by atoms with Crippen LogP contribution >= 0.6 is 0 Å². The van der Waals surface area contributed by atoms with Gasteiger partial charge in [-0.05, 0) is 42.7 Å². The molecule has 146 valence electrons. The van der Waals surface area contributed by atoms with Crippen LogP contribution in [0.15, 0.2) is 41.3 Å². The second-order valence-electron chi connectivity index (χ2n) is 6.14. The van der Waals surface area contributed by atoms with Crippen LogP contribution in [0.5, 0.6) is 11.5 Å². The molecule has 0 aromatic heterocycles. The molecule has 6 nitrogen and oxygen atoms in total. The van der Waals surface area contributed by atoms with E-state index in [-0.39, 0.29) is 23.0 Å². The van der Waals surface area contributed by atoms with E-state index in [1.807, 2.05) is 32.0 Å². The van der Waals surface area contributed by atoms with Gasteiger partial charge in [-0.1, -0.05) is 19.1 Å². The Morgan fingerprint density at radius 3 is 2.37 bits per heavy atom. The Morgan fingerprint density at radius 2 is 1.74 bits per heavy atom. The number of nitrogens with one attached hydrogen (secondary N) is 1. The lowest BCUT2D eigenvalue weighted by Gasteiger charge is -2.11. The fourth-order valence-electron chi connectivity index (χ4n) is 2.59. The van der Waals surface area contributed by atoms with Crippen molar-refractivity contribution in [2.24, 2.45) is 0 Å². The molecule has 0 unspecified atom stereocenters. The minimum atomic E-state index is -3.62. The van der Waals surface area contributed by atoms with Crippen molar-refractivity contribution in [3.8, 4) is 11.5 Å². The van der Waals surface area contributed by atoms with Gasteiger partial charge >= 0.3 is 0 Å². The summed E-state index contributed by atoms with van der Waals surface area (Å²) in [5, 5.41) is 2.80. The van der Waals surface area contributed by atoms with Gasteiger partial charge in [0, 0.05) is 18.2 Å². The van der Waals surface area contributed by atoms with Gasteiger partial charge in [0.25, 0.3) is 0 Å². The Morgan fingerprint density at radius 1 is 1.04 bits per heavy atom. The SMILES string of the molecule is CCc1ccc(C)c(NC(=O)CCS(=O)(=O)c2ccc(OC)c(OC)c2)c1. The lowest BCUT2D eigenvalue weighted by molar-refractivity contribution is -0.115. The predicted molar refractivity (Wildman–Crippen MR) is 105 cm³/mol. The maximum atomic E-state index is 12.5.